The molecule has 0 radical (unpaired) electrons. The van der Waals surface area contributed by atoms with E-state index in [4.69, 9.17) is 10.00 Å². The average molecular weight is 402 g/mol. The second kappa shape index (κ2) is 8.39. The Morgan fingerprint density at radius 1 is 1.30 bits per heavy atom. The molecule has 0 fully saturated rings. The summed E-state index contributed by atoms with van der Waals surface area (Å²) >= 11 is 0. The molecule has 5 nitrogen and oxygen atoms in total. The third-order valence-corrected chi connectivity index (χ3v) is 6.64. The Labute approximate surface area is 177 Å². The number of ether oxygens (including phenoxy) is 1. The van der Waals surface area contributed by atoms with Crippen LogP contribution in [0.3, 0.4) is 0 Å². The van der Waals surface area contributed by atoms with E-state index in [1.807, 2.05) is 25.2 Å². The van der Waals surface area contributed by atoms with E-state index in [0.29, 0.717) is 42.5 Å². The standard InChI is InChI=1S/C25H26N2O3/c1-15-11-16(7-10-23(15)30-2)24(28)22-13-17(12-18-8-9-19(14-26)27-18)20-5-3-4-6-21(20)25(22)29/h3-4,7,9-10,13,15,17,20-21H,5-6,8,11-12H2,1-2H3/t15?,17-,20?,21?/m1/s1. The van der Waals surface area contributed by atoms with Crippen molar-refractivity contribution in [1.82, 2.24) is 0 Å². The van der Waals surface area contributed by atoms with Gasteiger partial charge in [-0.2, -0.15) is 5.26 Å². The van der Waals surface area contributed by atoms with E-state index >= 15 is 0 Å². The summed E-state index contributed by atoms with van der Waals surface area (Å²) in [5.41, 5.74) is 2.41. The number of fused-ring (bicyclic) bond motifs is 1. The topological polar surface area (TPSA) is 79.5 Å². The van der Waals surface area contributed by atoms with E-state index in [1.54, 1.807) is 13.2 Å². The van der Waals surface area contributed by atoms with Gasteiger partial charge < -0.3 is 4.74 Å². The minimum absolute atomic E-state index is 0.0233. The van der Waals surface area contributed by atoms with Crippen LogP contribution in [0, 0.1) is 35.0 Å². The number of aliphatic imine (C=N–C) groups is 1. The van der Waals surface area contributed by atoms with Crippen LogP contribution < -0.4 is 0 Å². The van der Waals surface area contributed by atoms with Crippen molar-refractivity contribution < 1.29 is 14.3 Å². The number of methoxy groups -OCH3 is 1. The normalized spacial score (nSPS) is 30.3. The number of ketones is 2. The molecule has 0 N–H and O–H groups in total. The summed E-state index contributed by atoms with van der Waals surface area (Å²) in [6, 6.07) is 2.09. The van der Waals surface area contributed by atoms with Crippen LogP contribution >= 0.6 is 0 Å². The van der Waals surface area contributed by atoms with E-state index in [-0.39, 0.29) is 35.2 Å². The molecule has 0 aromatic heterocycles. The van der Waals surface area contributed by atoms with Crippen LogP contribution in [0.1, 0.15) is 39.0 Å². The van der Waals surface area contributed by atoms with Crippen molar-refractivity contribution in [1.29, 1.82) is 5.26 Å². The number of nitriles is 1. The number of hydrogen-bond donors (Lipinski definition) is 0. The number of rotatable bonds is 5. The van der Waals surface area contributed by atoms with E-state index in [1.165, 1.54) is 0 Å². The number of hydrogen-bond acceptors (Lipinski definition) is 5. The maximum atomic E-state index is 13.3. The molecule has 0 saturated carbocycles. The van der Waals surface area contributed by atoms with Gasteiger partial charge in [0.05, 0.1) is 18.4 Å². The molecule has 4 aliphatic rings. The summed E-state index contributed by atoms with van der Waals surface area (Å²) in [7, 11) is 1.63. The van der Waals surface area contributed by atoms with E-state index in [9.17, 15) is 9.59 Å². The van der Waals surface area contributed by atoms with Crippen molar-refractivity contribution in [2.75, 3.05) is 7.11 Å². The first-order valence-corrected chi connectivity index (χ1v) is 10.6. The molecule has 0 saturated heterocycles. The fraction of sp³-hybridized carbons (Fsp3) is 0.440. The Bertz CT molecular complexity index is 1000. The molecular weight excluding hydrogens is 376 g/mol. The van der Waals surface area contributed by atoms with Gasteiger partial charge in [-0.15, -0.1) is 0 Å². The molecule has 5 heteroatoms. The Kier molecular flexibility index (Phi) is 5.67. The largest absolute Gasteiger partial charge is 0.501 e. The molecule has 0 aromatic carbocycles. The lowest BCUT2D eigenvalue weighted by Crippen LogP contribution is -2.38. The van der Waals surface area contributed by atoms with Gasteiger partial charge in [0, 0.05) is 29.5 Å². The first-order valence-electron chi connectivity index (χ1n) is 10.6. The molecule has 3 aliphatic carbocycles. The Morgan fingerprint density at radius 3 is 2.80 bits per heavy atom. The third-order valence-electron chi connectivity index (χ3n) is 6.64. The predicted octanol–water partition coefficient (Wildman–Crippen LogP) is 4.40. The minimum atomic E-state index is -0.152. The summed E-state index contributed by atoms with van der Waals surface area (Å²) in [6.45, 7) is 2.02. The zero-order valence-electron chi connectivity index (χ0n) is 17.4. The molecule has 4 rings (SSSR count). The predicted molar refractivity (Wildman–Crippen MR) is 114 cm³/mol. The first kappa shape index (κ1) is 20.3. The second-order valence-electron chi connectivity index (χ2n) is 8.51. The highest BCUT2D eigenvalue weighted by Crippen LogP contribution is 2.42. The molecular formula is C25H26N2O3. The quantitative estimate of drug-likeness (QED) is 0.504. The summed E-state index contributed by atoms with van der Waals surface area (Å²) in [4.78, 5) is 31.0. The molecule has 0 aromatic rings. The Balaban J connectivity index is 1.63. The van der Waals surface area contributed by atoms with Gasteiger partial charge in [-0.1, -0.05) is 31.2 Å². The summed E-state index contributed by atoms with van der Waals surface area (Å²) in [6.07, 6.45) is 15.0. The number of allylic oxidation sites excluding steroid dienone is 10. The highest BCUT2D eigenvalue weighted by atomic mass is 16.5. The molecule has 154 valence electrons. The highest BCUT2D eigenvalue weighted by Gasteiger charge is 2.42. The smallest absolute Gasteiger partial charge is 0.192 e. The van der Waals surface area contributed by atoms with Crippen molar-refractivity contribution in [3.05, 3.63) is 59.1 Å². The van der Waals surface area contributed by atoms with E-state index < -0.39 is 0 Å². The van der Waals surface area contributed by atoms with Crippen LogP contribution in [-0.4, -0.2) is 24.4 Å². The third kappa shape index (κ3) is 3.75. The number of Topliss-reactive ketones (excluding diaryl/α,β-unsaturated/α-hetero) is 2. The molecule has 0 spiro atoms. The van der Waals surface area contributed by atoms with E-state index in [0.717, 1.165) is 17.9 Å². The van der Waals surface area contributed by atoms with Crippen LogP contribution in [-0.2, 0) is 14.3 Å². The maximum Gasteiger partial charge on any atom is 0.192 e. The van der Waals surface area contributed by atoms with Crippen molar-refractivity contribution in [3.63, 3.8) is 0 Å². The number of nitrogens with zero attached hydrogens (tertiary/aromatic N) is 2. The molecule has 3 unspecified atom stereocenters. The number of carbonyl (C=O) groups excluding carboxylic acids is 2. The van der Waals surface area contributed by atoms with Gasteiger partial charge >= 0.3 is 0 Å². The zero-order chi connectivity index (χ0) is 21.3. The first-order chi connectivity index (χ1) is 14.5. The lowest BCUT2D eigenvalue weighted by molar-refractivity contribution is -0.125. The van der Waals surface area contributed by atoms with Crippen LogP contribution in [0.25, 0.3) is 0 Å². The summed E-state index contributed by atoms with van der Waals surface area (Å²) in [5, 5.41) is 9.07. The van der Waals surface area contributed by atoms with Crippen molar-refractivity contribution in [3.8, 4) is 6.07 Å². The molecule has 30 heavy (non-hydrogen) atoms. The van der Waals surface area contributed by atoms with Crippen LogP contribution in [0.5, 0.6) is 0 Å². The Hall–Kier alpha value is -3.00. The molecule has 0 amide bonds. The average Bonchev–Trinajstić information content (AvgIpc) is 3.23. The lowest BCUT2D eigenvalue weighted by Gasteiger charge is -2.37. The molecule has 1 aliphatic heterocycles. The minimum Gasteiger partial charge on any atom is -0.501 e. The van der Waals surface area contributed by atoms with Crippen LogP contribution in [0.2, 0.25) is 0 Å². The Morgan fingerprint density at radius 2 is 2.10 bits per heavy atom. The fourth-order valence-electron chi connectivity index (χ4n) is 5.03. The van der Waals surface area contributed by atoms with Gasteiger partial charge in [-0.05, 0) is 49.7 Å². The van der Waals surface area contributed by atoms with Crippen LogP contribution in [0.15, 0.2) is 64.1 Å². The van der Waals surface area contributed by atoms with Gasteiger partial charge in [0.2, 0.25) is 0 Å². The van der Waals surface area contributed by atoms with Gasteiger partial charge in [-0.3, -0.25) is 9.59 Å². The molecule has 1 heterocycles. The summed E-state index contributed by atoms with van der Waals surface area (Å²) in [5.74, 6) is 0.903. The van der Waals surface area contributed by atoms with Gasteiger partial charge in [0.15, 0.2) is 11.6 Å². The van der Waals surface area contributed by atoms with Gasteiger partial charge in [0.25, 0.3) is 0 Å². The van der Waals surface area contributed by atoms with Crippen molar-refractivity contribution in [2.24, 2.45) is 28.7 Å². The van der Waals surface area contributed by atoms with Gasteiger partial charge in [0.1, 0.15) is 11.8 Å². The van der Waals surface area contributed by atoms with E-state index in [2.05, 4.69) is 23.2 Å². The zero-order valence-corrected chi connectivity index (χ0v) is 17.4. The van der Waals surface area contributed by atoms with Crippen LogP contribution in [0.4, 0.5) is 0 Å². The van der Waals surface area contributed by atoms with Crippen molar-refractivity contribution in [2.45, 2.75) is 39.0 Å². The summed E-state index contributed by atoms with van der Waals surface area (Å²) < 4.78 is 5.35. The fourth-order valence-corrected chi connectivity index (χ4v) is 5.03. The number of carbonyl (C=O) groups is 2. The molecule has 0 bridgehead atoms. The highest BCUT2D eigenvalue weighted by molar-refractivity contribution is 6.27. The monoisotopic (exact) mass is 402 g/mol. The SMILES string of the molecule is COC1=CC=C(C(=O)C2=C[C@@H](CC3=NC(C#N)=CC3)C3CC=CCC3C2=O)CC1C. The maximum absolute atomic E-state index is 13.3. The van der Waals surface area contributed by atoms with Crippen molar-refractivity contribution >= 4 is 17.3 Å². The van der Waals surface area contributed by atoms with Gasteiger partial charge in [-0.25, -0.2) is 4.99 Å². The molecule has 4 atom stereocenters. The second-order valence-corrected chi connectivity index (χ2v) is 8.51. The lowest BCUT2D eigenvalue weighted by atomic mass is 9.65.